The van der Waals surface area contributed by atoms with E-state index in [0.717, 1.165) is 58.3 Å². The average molecular weight is 467 g/mol. The Bertz CT molecular complexity index is 1450. The molecule has 0 unspecified atom stereocenters. The first-order valence-electron chi connectivity index (χ1n) is 11.6. The zero-order chi connectivity index (χ0) is 24.4. The van der Waals surface area contributed by atoms with Gasteiger partial charge in [0.2, 0.25) is 0 Å². The number of amides is 1. The molecule has 7 nitrogen and oxygen atoms in total. The third-order valence-corrected chi connectivity index (χ3v) is 6.33. The number of methoxy groups -OCH3 is 1. The molecule has 1 atom stereocenters. The van der Waals surface area contributed by atoms with Crippen LogP contribution in [0.3, 0.4) is 0 Å². The molecule has 1 fully saturated rings. The average Bonchev–Trinajstić information content (AvgIpc) is 3.51. The molecular formula is C28H26N4O3. The second-order valence-corrected chi connectivity index (χ2v) is 8.39. The number of aromatic nitrogens is 3. The van der Waals surface area contributed by atoms with Crippen LogP contribution in [0.2, 0.25) is 0 Å². The van der Waals surface area contributed by atoms with Gasteiger partial charge in [-0.05, 0) is 69.0 Å². The Balaban J connectivity index is 1.48. The van der Waals surface area contributed by atoms with Gasteiger partial charge in [-0.3, -0.25) is 14.2 Å². The minimum Gasteiger partial charge on any atom is -0.496 e. The molecule has 5 rings (SSSR count). The molecule has 0 bridgehead atoms. The molecule has 4 aromatic rings. The number of benzene rings is 2. The van der Waals surface area contributed by atoms with E-state index in [-0.39, 0.29) is 11.9 Å². The van der Waals surface area contributed by atoms with E-state index in [1.165, 1.54) is 0 Å². The summed E-state index contributed by atoms with van der Waals surface area (Å²) in [5.74, 6) is 8.32. The van der Waals surface area contributed by atoms with Gasteiger partial charge in [0, 0.05) is 30.1 Å². The van der Waals surface area contributed by atoms with Crippen LogP contribution in [0.5, 0.6) is 17.2 Å². The maximum absolute atomic E-state index is 12.6. The first-order chi connectivity index (χ1) is 17.1. The van der Waals surface area contributed by atoms with Crippen molar-refractivity contribution >= 4 is 11.4 Å². The molecule has 0 radical (unpaired) electrons. The second-order valence-electron chi connectivity index (χ2n) is 8.39. The van der Waals surface area contributed by atoms with Gasteiger partial charge in [-0.15, -0.1) is 0 Å². The Kier molecular flexibility index (Phi) is 6.11. The monoisotopic (exact) mass is 466 g/mol. The molecule has 2 aromatic carbocycles. The standard InChI is InChI=1S/C28H26N4O3/c1-4-7-26(33)31-16-6-8-22(31)28-30-27(23-18-29-15-17-32(23)28)20-11-13-21(14-12-20)35-25-10-5-9-24(34-3)19(25)2/h5,9-15,17-18,22H,6,8,16H2,1-3H3/t22-/m0/s1. The smallest absolute Gasteiger partial charge is 0.299 e. The minimum absolute atomic E-state index is 0.120. The Morgan fingerprint density at radius 1 is 1.14 bits per heavy atom. The molecule has 0 N–H and O–H groups in total. The molecule has 176 valence electrons. The molecule has 35 heavy (non-hydrogen) atoms. The van der Waals surface area contributed by atoms with Crippen LogP contribution >= 0.6 is 0 Å². The number of nitrogens with zero attached hydrogens (tertiary/aromatic N) is 4. The first-order valence-corrected chi connectivity index (χ1v) is 11.6. The number of imidazole rings is 1. The van der Waals surface area contributed by atoms with E-state index in [2.05, 4.69) is 16.8 Å². The normalized spacial score (nSPS) is 15.1. The van der Waals surface area contributed by atoms with Gasteiger partial charge >= 0.3 is 0 Å². The SMILES string of the molecule is CC#CC(=O)N1CCC[C@H]1c1nc(-c2ccc(Oc3cccc(OC)c3C)cc2)c2cnccn12. The Morgan fingerprint density at radius 3 is 2.71 bits per heavy atom. The third-order valence-electron chi connectivity index (χ3n) is 6.33. The van der Waals surface area contributed by atoms with Crippen molar-refractivity contribution in [2.45, 2.75) is 32.7 Å². The summed E-state index contributed by atoms with van der Waals surface area (Å²) in [5, 5.41) is 0. The zero-order valence-corrected chi connectivity index (χ0v) is 20.0. The van der Waals surface area contributed by atoms with Crippen LogP contribution in [0.15, 0.2) is 61.1 Å². The van der Waals surface area contributed by atoms with Crippen LogP contribution in [-0.4, -0.2) is 38.8 Å². The minimum atomic E-state index is -0.156. The highest BCUT2D eigenvalue weighted by atomic mass is 16.5. The van der Waals surface area contributed by atoms with Crippen LogP contribution in [-0.2, 0) is 4.79 Å². The number of rotatable bonds is 5. The summed E-state index contributed by atoms with van der Waals surface area (Å²) >= 11 is 0. The van der Waals surface area contributed by atoms with Gasteiger partial charge in [-0.2, -0.15) is 0 Å². The first kappa shape index (κ1) is 22.5. The van der Waals surface area contributed by atoms with Gasteiger partial charge in [0.05, 0.1) is 30.6 Å². The van der Waals surface area contributed by atoms with Crippen LogP contribution < -0.4 is 9.47 Å². The summed E-state index contributed by atoms with van der Waals surface area (Å²) in [6.45, 7) is 4.33. The summed E-state index contributed by atoms with van der Waals surface area (Å²) < 4.78 is 13.5. The summed E-state index contributed by atoms with van der Waals surface area (Å²) in [7, 11) is 1.65. The molecule has 1 aliphatic rings. The summed E-state index contributed by atoms with van der Waals surface area (Å²) in [6.07, 6.45) is 7.22. The fraction of sp³-hybridized carbons (Fsp3) is 0.250. The largest absolute Gasteiger partial charge is 0.496 e. The van der Waals surface area contributed by atoms with Gasteiger partial charge in [0.15, 0.2) is 0 Å². The fourth-order valence-electron chi connectivity index (χ4n) is 4.60. The van der Waals surface area contributed by atoms with E-state index in [1.807, 2.05) is 71.1 Å². The van der Waals surface area contributed by atoms with Crippen molar-refractivity contribution in [2.24, 2.45) is 0 Å². The van der Waals surface area contributed by atoms with E-state index in [1.54, 1.807) is 20.2 Å². The van der Waals surface area contributed by atoms with Gasteiger partial charge < -0.3 is 14.4 Å². The molecule has 0 aliphatic carbocycles. The highest BCUT2D eigenvalue weighted by Gasteiger charge is 2.33. The number of carbonyl (C=O) groups excluding carboxylic acids is 1. The Morgan fingerprint density at radius 2 is 1.94 bits per heavy atom. The van der Waals surface area contributed by atoms with Gasteiger partial charge in [0.25, 0.3) is 5.91 Å². The topological polar surface area (TPSA) is 69.0 Å². The third kappa shape index (κ3) is 4.19. The number of likely N-dealkylation sites (tertiary alicyclic amines) is 1. The molecule has 3 heterocycles. The van der Waals surface area contributed by atoms with Gasteiger partial charge in [-0.1, -0.05) is 12.0 Å². The van der Waals surface area contributed by atoms with Crippen LogP contribution in [0.25, 0.3) is 16.8 Å². The molecule has 0 saturated carbocycles. The number of hydrogen-bond acceptors (Lipinski definition) is 5. The van der Waals surface area contributed by atoms with Crippen molar-refractivity contribution in [1.29, 1.82) is 0 Å². The molecule has 1 amide bonds. The second kappa shape index (κ2) is 9.51. The van der Waals surface area contributed by atoms with Gasteiger partial charge in [-0.25, -0.2) is 4.98 Å². The Labute approximate surface area is 204 Å². The lowest BCUT2D eigenvalue weighted by Crippen LogP contribution is -2.30. The maximum atomic E-state index is 12.6. The van der Waals surface area contributed by atoms with Crippen molar-refractivity contribution in [2.75, 3.05) is 13.7 Å². The van der Waals surface area contributed by atoms with Crippen molar-refractivity contribution in [1.82, 2.24) is 19.3 Å². The van der Waals surface area contributed by atoms with E-state index in [0.29, 0.717) is 6.54 Å². The summed E-state index contributed by atoms with van der Waals surface area (Å²) in [5.41, 5.74) is 3.60. The van der Waals surface area contributed by atoms with E-state index in [4.69, 9.17) is 14.5 Å². The zero-order valence-electron chi connectivity index (χ0n) is 20.0. The van der Waals surface area contributed by atoms with E-state index >= 15 is 0 Å². The maximum Gasteiger partial charge on any atom is 0.299 e. The fourth-order valence-corrected chi connectivity index (χ4v) is 4.60. The molecule has 1 aliphatic heterocycles. The lowest BCUT2D eigenvalue weighted by atomic mass is 10.1. The highest BCUT2D eigenvalue weighted by molar-refractivity contribution is 5.94. The number of hydrogen-bond donors (Lipinski definition) is 0. The van der Waals surface area contributed by atoms with Crippen LogP contribution in [0.4, 0.5) is 0 Å². The number of ether oxygens (including phenoxy) is 2. The van der Waals surface area contributed by atoms with Crippen molar-refractivity contribution < 1.29 is 14.3 Å². The highest BCUT2D eigenvalue weighted by Crippen LogP contribution is 2.36. The van der Waals surface area contributed by atoms with Crippen LogP contribution in [0, 0.1) is 18.8 Å². The quantitative estimate of drug-likeness (QED) is 0.379. The molecular weight excluding hydrogens is 440 g/mol. The molecule has 7 heteroatoms. The number of fused-ring (bicyclic) bond motifs is 1. The van der Waals surface area contributed by atoms with Crippen LogP contribution in [0.1, 0.15) is 37.2 Å². The Hall–Kier alpha value is -4.31. The van der Waals surface area contributed by atoms with E-state index < -0.39 is 0 Å². The predicted octanol–water partition coefficient (Wildman–Crippen LogP) is 5.19. The summed E-state index contributed by atoms with van der Waals surface area (Å²) in [6, 6.07) is 13.5. The lowest BCUT2D eigenvalue weighted by Gasteiger charge is -2.21. The van der Waals surface area contributed by atoms with Crippen molar-refractivity contribution in [3.8, 4) is 40.3 Å². The van der Waals surface area contributed by atoms with E-state index in [9.17, 15) is 4.79 Å². The van der Waals surface area contributed by atoms with Crippen molar-refractivity contribution in [3.05, 3.63) is 72.4 Å². The van der Waals surface area contributed by atoms with Crippen molar-refractivity contribution in [3.63, 3.8) is 0 Å². The number of carbonyl (C=O) groups is 1. The van der Waals surface area contributed by atoms with Gasteiger partial charge in [0.1, 0.15) is 23.1 Å². The molecule has 1 saturated heterocycles. The predicted molar refractivity (Wildman–Crippen MR) is 133 cm³/mol. The molecule has 0 spiro atoms. The summed E-state index contributed by atoms with van der Waals surface area (Å²) in [4.78, 5) is 23.7. The lowest BCUT2D eigenvalue weighted by molar-refractivity contribution is -0.126. The molecule has 2 aromatic heterocycles.